The molecular formula is C4H4N2O3. The van der Waals surface area contributed by atoms with Crippen LogP contribution in [-0.4, -0.2) is 20.0 Å². The lowest BCUT2D eigenvalue weighted by molar-refractivity contribution is 0.142. The smallest absolute Gasteiger partial charge is 0.304 e. The Morgan fingerprint density at radius 2 is 2.22 bits per heavy atom. The van der Waals surface area contributed by atoms with Gasteiger partial charge in [-0.05, 0) is 0 Å². The van der Waals surface area contributed by atoms with Gasteiger partial charge in [-0.3, -0.25) is 9.78 Å². The zero-order valence-electron chi connectivity index (χ0n) is 4.35. The highest BCUT2D eigenvalue weighted by Gasteiger charge is 1.95. The van der Waals surface area contributed by atoms with Crippen molar-refractivity contribution in [2.24, 2.45) is 0 Å². The summed E-state index contributed by atoms with van der Waals surface area (Å²) in [6, 6.07) is 0. The molecule has 48 valence electrons. The van der Waals surface area contributed by atoms with E-state index in [0.29, 0.717) is 0 Å². The zero-order chi connectivity index (χ0) is 6.85. The predicted molar refractivity (Wildman–Crippen MR) is 27.3 cm³/mol. The van der Waals surface area contributed by atoms with Gasteiger partial charge in [0.2, 0.25) is 5.88 Å². The minimum atomic E-state index is -0.755. The van der Waals surface area contributed by atoms with E-state index in [9.17, 15) is 4.79 Å². The lowest BCUT2D eigenvalue weighted by atomic mass is 10.7. The molecule has 5 heteroatoms. The summed E-state index contributed by atoms with van der Waals surface area (Å²) in [6.07, 6.45) is 1.85. The predicted octanol–water partition coefficient (Wildman–Crippen LogP) is -0.814. The molecule has 0 amide bonds. The van der Waals surface area contributed by atoms with E-state index < -0.39 is 11.4 Å². The normalized spacial score (nSPS) is 9.33. The Bertz CT molecular complexity index is 267. The van der Waals surface area contributed by atoms with Crippen molar-refractivity contribution in [2.45, 2.75) is 0 Å². The van der Waals surface area contributed by atoms with E-state index in [1.54, 1.807) is 0 Å². The van der Waals surface area contributed by atoms with Crippen LogP contribution in [0.1, 0.15) is 0 Å². The molecule has 5 nitrogen and oxygen atoms in total. The molecular weight excluding hydrogens is 124 g/mol. The third-order valence-electron chi connectivity index (χ3n) is 0.801. The summed E-state index contributed by atoms with van der Waals surface area (Å²) in [6.45, 7) is 0. The van der Waals surface area contributed by atoms with E-state index in [1.165, 1.54) is 0 Å². The lowest BCUT2D eigenvalue weighted by Gasteiger charge is -1.94. The fourth-order valence-electron chi connectivity index (χ4n) is 0.390. The Hall–Kier alpha value is -1.52. The standard InChI is InChI=1S/C4H4N2O3/c7-3-1-5-2-4(8)6(3)9/h1-2,7,9H. The monoisotopic (exact) mass is 128 g/mol. The summed E-state index contributed by atoms with van der Waals surface area (Å²) in [4.78, 5) is 13.6. The number of hydrogen-bond donors (Lipinski definition) is 2. The van der Waals surface area contributed by atoms with Gasteiger partial charge < -0.3 is 10.3 Å². The van der Waals surface area contributed by atoms with Crippen LogP contribution in [0.4, 0.5) is 0 Å². The molecule has 1 aromatic heterocycles. The minimum absolute atomic E-state index is 0.104. The molecule has 1 rings (SSSR count). The van der Waals surface area contributed by atoms with Crippen LogP contribution in [0.25, 0.3) is 0 Å². The van der Waals surface area contributed by atoms with Crippen molar-refractivity contribution >= 4 is 0 Å². The van der Waals surface area contributed by atoms with Crippen LogP contribution in [0.5, 0.6) is 5.88 Å². The SMILES string of the molecule is O=c1cncc(O)n1O. The Labute approximate surface area is 49.8 Å². The maximum Gasteiger partial charge on any atom is 0.304 e. The van der Waals surface area contributed by atoms with Gasteiger partial charge in [-0.15, -0.1) is 4.73 Å². The van der Waals surface area contributed by atoms with Crippen molar-refractivity contribution < 1.29 is 10.3 Å². The van der Waals surface area contributed by atoms with Gasteiger partial charge in [-0.2, -0.15) is 0 Å². The second kappa shape index (κ2) is 1.77. The fraction of sp³-hybridized carbons (Fsp3) is 0. The number of hydrogen-bond acceptors (Lipinski definition) is 4. The maximum absolute atomic E-state index is 10.3. The number of aromatic hydroxyl groups is 1. The van der Waals surface area contributed by atoms with Crippen LogP contribution in [-0.2, 0) is 0 Å². The van der Waals surface area contributed by atoms with Crippen molar-refractivity contribution in [1.82, 2.24) is 9.71 Å². The fourth-order valence-corrected chi connectivity index (χ4v) is 0.390. The molecule has 0 aliphatic heterocycles. The summed E-state index contributed by atoms with van der Waals surface area (Å²) in [5.74, 6) is -0.567. The topological polar surface area (TPSA) is 75.3 Å². The average molecular weight is 128 g/mol. The van der Waals surface area contributed by atoms with Crippen molar-refractivity contribution in [3.63, 3.8) is 0 Å². The molecule has 0 unspecified atom stereocenters. The van der Waals surface area contributed by atoms with Gasteiger partial charge in [0, 0.05) is 0 Å². The third kappa shape index (κ3) is 0.835. The van der Waals surface area contributed by atoms with Crippen LogP contribution >= 0.6 is 0 Å². The summed E-state index contributed by atoms with van der Waals surface area (Å²) < 4.78 is 0.104. The van der Waals surface area contributed by atoms with E-state index in [0.717, 1.165) is 12.4 Å². The summed E-state index contributed by atoms with van der Waals surface area (Å²) in [5, 5.41) is 17.1. The highest BCUT2D eigenvalue weighted by atomic mass is 16.5. The van der Waals surface area contributed by atoms with Crippen molar-refractivity contribution in [2.75, 3.05) is 0 Å². The van der Waals surface area contributed by atoms with Gasteiger partial charge in [0.1, 0.15) is 0 Å². The highest BCUT2D eigenvalue weighted by molar-refractivity contribution is 4.99. The molecule has 0 aliphatic rings. The lowest BCUT2D eigenvalue weighted by Crippen LogP contribution is -2.16. The van der Waals surface area contributed by atoms with Gasteiger partial charge in [-0.25, -0.2) is 0 Å². The highest BCUT2D eigenvalue weighted by Crippen LogP contribution is 1.95. The van der Waals surface area contributed by atoms with Crippen molar-refractivity contribution in [1.29, 1.82) is 0 Å². The van der Waals surface area contributed by atoms with E-state index in [-0.39, 0.29) is 4.73 Å². The van der Waals surface area contributed by atoms with Gasteiger partial charge >= 0.3 is 5.56 Å². The van der Waals surface area contributed by atoms with Crippen molar-refractivity contribution in [3.05, 3.63) is 22.7 Å². The molecule has 0 saturated heterocycles. The first-order valence-corrected chi connectivity index (χ1v) is 2.17. The second-order valence-corrected chi connectivity index (χ2v) is 1.42. The van der Waals surface area contributed by atoms with Crippen LogP contribution < -0.4 is 5.56 Å². The van der Waals surface area contributed by atoms with Crippen LogP contribution in [0.15, 0.2) is 17.2 Å². The Morgan fingerprint density at radius 3 is 2.67 bits per heavy atom. The molecule has 1 aromatic rings. The molecule has 2 N–H and O–H groups in total. The largest absolute Gasteiger partial charge is 0.491 e. The minimum Gasteiger partial charge on any atom is -0.491 e. The zero-order valence-corrected chi connectivity index (χ0v) is 4.35. The Morgan fingerprint density at radius 1 is 1.56 bits per heavy atom. The first-order chi connectivity index (χ1) is 4.22. The molecule has 0 atom stereocenters. The summed E-state index contributed by atoms with van der Waals surface area (Å²) in [7, 11) is 0. The molecule has 9 heavy (non-hydrogen) atoms. The molecule has 0 fully saturated rings. The van der Waals surface area contributed by atoms with E-state index in [2.05, 4.69) is 4.98 Å². The van der Waals surface area contributed by atoms with Gasteiger partial charge in [0.15, 0.2) is 0 Å². The number of rotatable bonds is 0. The van der Waals surface area contributed by atoms with Crippen molar-refractivity contribution in [3.8, 4) is 5.88 Å². The third-order valence-corrected chi connectivity index (χ3v) is 0.801. The molecule has 1 heterocycles. The number of aromatic nitrogens is 2. The van der Waals surface area contributed by atoms with E-state index >= 15 is 0 Å². The second-order valence-electron chi connectivity index (χ2n) is 1.42. The van der Waals surface area contributed by atoms with Gasteiger partial charge in [0.05, 0.1) is 12.4 Å². The molecule has 0 spiro atoms. The first-order valence-electron chi connectivity index (χ1n) is 2.17. The average Bonchev–Trinajstić information content (AvgIpc) is 1.83. The van der Waals surface area contributed by atoms with Crippen LogP contribution in [0.2, 0.25) is 0 Å². The molecule has 0 bridgehead atoms. The molecule has 0 saturated carbocycles. The van der Waals surface area contributed by atoms with Crippen LogP contribution in [0, 0.1) is 0 Å². The van der Waals surface area contributed by atoms with E-state index in [4.69, 9.17) is 10.3 Å². The van der Waals surface area contributed by atoms with E-state index in [1.807, 2.05) is 0 Å². The Balaban J connectivity index is 3.43. The Kier molecular flexibility index (Phi) is 1.11. The molecule has 0 radical (unpaired) electrons. The van der Waals surface area contributed by atoms with Gasteiger partial charge in [-0.1, -0.05) is 0 Å². The summed E-state index contributed by atoms with van der Waals surface area (Å²) in [5.41, 5.74) is -0.755. The molecule has 0 aliphatic carbocycles. The summed E-state index contributed by atoms with van der Waals surface area (Å²) >= 11 is 0. The first kappa shape index (κ1) is 5.61. The quantitative estimate of drug-likeness (QED) is 0.448. The van der Waals surface area contributed by atoms with Crippen LogP contribution in [0.3, 0.4) is 0 Å². The maximum atomic E-state index is 10.3. The molecule has 0 aromatic carbocycles. The number of nitrogens with zero attached hydrogens (tertiary/aromatic N) is 2. The van der Waals surface area contributed by atoms with Gasteiger partial charge in [0.25, 0.3) is 0 Å².